The Balaban J connectivity index is 1.13. The molecule has 0 amide bonds. The van der Waals surface area contributed by atoms with Gasteiger partial charge in [-0.05, 0) is 60.2 Å². The molecule has 1 aliphatic rings. The van der Waals surface area contributed by atoms with Gasteiger partial charge >= 0.3 is 6.01 Å². The number of nitrogen functional groups attached to an aromatic ring is 1. The maximum atomic E-state index is 5.95. The van der Waals surface area contributed by atoms with E-state index in [0.717, 1.165) is 41.2 Å². The van der Waals surface area contributed by atoms with Gasteiger partial charge in [0.15, 0.2) is 0 Å². The van der Waals surface area contributed by atoms with E-state index in [2.05, 4.69) is 82.2 Å². The zero-order valence-corrected chi connectivity index (χ0v) is 23.9. The van der Waals surface area contributed by atoms with Gasteiger partial charge in [0.25, 0.3) is 0 Å². The molecule has 6 rings (SSSR count). The van der Waals surface area contributed by atoms with Crippen molar-refractivity contribution in [3.8, 4) is 28.6 Å². The number of benzene rings is 2. The SMILES string of the molecule is C=C(Nc1cnc(Oc2ccc(-c3cncnc3N)cc2)nc1)Nc1cc(C(C)(C)C)nn1-c1ccc2c(c1)CCC2. The molecule has 0 aliphatic heterocycles. The number of fused-ring (bicyclic) bond motifs is 1. The minimum atomic E-state index is -0.111. The zero-order valence-electron chi connectivity index (χ0n) is 23.9. The van der Waals surface area contributed by atoms with E-state index in [9.17, 15) is 0 Å². The monoisotopic (exact) mass is 559 g/mol. The fraction of sp³-hybridized carbons (Fsp3) is 0.219. The second kappa shape index (κ2) is 11.0. The standard InChI is InChI=1S/C32H33N9O/c1-20(39-29-15-28(32(2,3)4)40-41(29)25-11-8-21-6-5-7-23(21)14-25)38-24-16-35-31(36-17-24)42-26-12-9-22(10-13-26)27-18-34-19-37-30(27)33/h8-19,38-39H,1,5-7H2,2-4H3,(H2,33,34,37). The number of ether oxygens (including phenoxy) is 1. The van der Waals surface area contributed by atoms with Gasteiger partial charge in [0.2, 0.25) is 0 Å². The molecule has 3 heterocycles. The molecule has 0 bridgehead atoms. The van der Waals surface area contributed by atoms with Crippen molar-refractivity contribution in [1.29, 1.82) is 0 Å². The van der Waals surface area contributed by atoms with Gasteiger partial charge in [-0.2, -0.15) is 5.10 Å². The predicted molar refractivity (Wildman–Crippen MR) is 165 cm³/mol. The molecular weight excluding hydrogens is 526 g/mol. The summed E-state index contributed by atoms with van der Waals surface area (Å²) >= 11 is 0. The molecule has 212 valence electrons. The molecule has 42 heavy (non-hydrogen) atoms. The van der Waals surface area contributed by atoms with E-state index in [1.165, 1.54) is 23.9 Å². The first-order valence-corrected chi connectivity index (χ1v) is 13.8. The molecule has 0 unspecified atom stereocenters. The molecule has 0 saturated heterocycles. The highest BCUT2D eigenvalue weighted by Crippen LogP contribution is 2.30. The van der Waals surface area contributed by atoms with Crippen molar-refractivity contribution in [3.63, 3.8) is 0 Å². The number of aryl methyl sites for hydroxylation is 2. The van der Waals surface area contributed by atoms with Crippen molar-refractivity contribution < 1.29 is 4.74 Å². The highest BCUT2D eigenvalue weighted by atomic mass is 16.5. The smallest absolute Gasteiger partial charge is 0.322 e. The van der Waals surface area contributed by atoms with E-state index >= 15 is 0 Å². The molecule has 4 N–H and O–H groups in total. The summed E-state index contributed by atoms with van der Waals surface area (Å²) in [5.74, 6) is 2.40. The molecule has 0 fully saturated rings. The van der Waals surface area contributed by atoms with E-state index < -0.39 is 0 Å². The van der Waals surface area contributed by atoms with Crippen LogP contribution in [0.2, 0.25) is 0 Å². The van der Waals surface area contributed by atoms with Gasteiger partial charge in [-0.15, -0.1) is 0 Å². The third-order valence-electron chi connectivity index (χ3n) is 7.12. The summed E-state index contributed by atoms with van der Waals surface area (Å²) in [5, 5.41) is 11.6. The number of rotatable bonds is 8. The van der Waals surface area contributed by atoms with Crippen LogP contribution in [0.25, 0.3) is 16.8 Å². The van der Waals surface area contributed by atoms with Crippen LogP contribution in [0, 0.1) is 0 Å². The molecule has 10 heteroatoms. The summed E-state index contributed by atoms with van der Waals surface area (Å²) in [7, 11) is 0. The Bertz CT molecular complexity index is 1740. The Morgan fingerprint density at radius 3 is 2.43 bits per heavy atom. The quantitative estimate of drug-likeness (QED) is 0.201. The number of hydrogen-bond acceptors (Lipinski definition) is 9. The van der Waals surface area contributed by atoms with Crippen LogP contribution in [0.5, 0.6) is 11.8 Å². The van der Waals surface area contributed by atoms with Crippen LogP contribution in [0.4, 0.5) is 17.3 Å². The largest absolute Gasteiger partial charge is 0.424 e. The van der Waals surface area contributed by atoms with E-state index in [1.54, 1.807) is 18.6 Å². The fourth-order valence-corrected chi connectivity index (χ4v) is 4.89. The number of nitrogens with zero attached hydrogens (tertiary/aromatic N) is 6. The second-order valence-electron chi connectivity index (χ2n) is 11.3. The van der Waals surface area contributed by atoms with Gasteiger partial charge in [0.1, 0.15) is 29.5 Å². The number of nitrogens with one attached hydrogen (secondary N) is 2. The van der Waals surface area contributed by atoms with Crippen molar-refractivity contribution in [2.45, 2.75) is 45.4 Å². The highest BCUT2D eigenvalue weighted by molar-refractivity contribution is 5.73. The molecule has 1 aliphatic carbocycles. The molecule has 0 spiro atoms. The summed E-state index contributed by atoms with van der Waals surface area (Å²) in [5.41, 5.74) is 13.0. The van der Waals surface area contributed by atoms with Crippen LogP contribution in [-0.4, -0.2) is 29.7 Å². The first-order chi connectivity index (χ1) is 20.2. The van der Waals surface area contributed by atoms with Crippen molar-refractivity contribution in [2.24, 2.45) is 0 Å². The van der Waals surface area contributed by atoms with E-state index in [1.807, 2.05) is 28.9 Å². The van der Waals surface area contributed by atoms with Crippen molar-refractivity contribution in [1.82, 2.24) is 29.7 Å². The number of nitrogens with two attached hydrogens (primary N) is 1. The molecule has 0 saturated carbocycles. The molecule has 5 aromatic rings. The lowest BCUT2D eigenvalue weighted by Gasteiger charge is -2.14. The lowest BCUT2D eigenvalue weighted by molar-refractivity contribution is 0.442. The van der Waals surface area contributed by atoms with Crippen LogP contribution in [0.3, 0.4) is 0 Å². The summed E-state index contributed by atoms with van der Waals surface area (Å²) in [6, 6.07) is 16.3. The Morgan fingerprint density at radius 1 is 0.929 bits per heavy atom. The third kappa shape index (κ3) is 5.78. The zero-order chi connectivity index (χ0) is 29.3. The van der Waals surface area contributed by atoms with Gasteiger partial charge in [-0.25, -0.2) is 24.6 Å². The van der Waals surface area contributed by atoms with E-state index in [0.29, 0.717) is 23.1 Å². The maximum absolute atomic E-state index is 5.95. The van der Waals surface area contributed by atoms with E-state index in [-0.39, 0.29) is 11.4 Å². The molecule has 0 radical (unpaired) electrons. The maximum Gasteiger partial charge on any atom is 0.322 e. The lowest BCUT2D eigenvalue weighted by atomic mass is 9.92. The van der Waals surface area contributed by atoms with Crippen LogP contribution in [0.1, 0.15) is 44.0 Å². The van der Waals surface area contributed by atoms with Crippen LogP contribution in [-0.2, 0) is 18.3 Å². The summed E-state index contributed by atoms with van der Waals surface area (Å²) in [6.45, 7) is 10.6. The van der Waals surface area contributed by atoms with Crippen molar-refractivity contribution in [2.75, 3.05) is 16.4 Å². The summed E-state index contributed by atoms with van der Waals surface area (Å²) < 4.78 is 7.77. The van der Waals surface area contributed by atoms with E-state index in [4.69, 9.17) is 15.6 Å². The Kier molecular flexibility index (Phi) is 7.03. The number of hydrogen-bond donors (Lipinski definition) is 3. The minimum Gasteiger partial charge on any atom is -0.424 e. The first-order valence-electron chi connectivity index (χ1n) is 13.8. The Labute approximate surface area is 244 Å². The fourth-order valence-electron chi connectivity index (χ4n) is 4.89. The minimum absolute atomic E-state index is 0.111. The average Bonchev–Trinajstić information content (AvgIpc) is 3.62. The average molecular weight is 560 g/mol. The molecule has 10 nitrogen and oxygen atoms in total. The molecule has 0 atom stereocenters. The number of aromatic nitrogens is 6. The topological polar surface area (TPSA) is 129 Å². The van der Waals surface area contributed by atoms with Crippen molar-refractivity contribution >= 4 is 17.3 Å². The second-order valence-corrected chi connectivity index (χ2v) is 11.3. The molecule has 2 aromatic carbocycles. The third-order valence-corrected chi connectivity index (χ3v) is 7.12. The molecular formula is C32H33N9O. The van der Waals surface area contributed by atoms with Crippen molar-refractivity contribution in [3.05, 3.63) is 103 Å². The Morgan fingerprint density at radius 2 is 1.69 bits per heavy atom. The number of anilines is 3. The first kappa shape index (κ1) is 26.9. The predicted octanol–water partition coefficient (Wildman–Crippen LogP) is 6.28. The summed E-state index contributed by atoms with van der Waals surface area (Å²) in [4.78, 5) is 16.8. The highest BCUT2D eigenvalue weighted by Gasteiger charge is 2.22. The van der Waals surface area contributed by atoms with Gasteiger partial charge in [0.05, 0.1) is 29.5 Å². The summed E-state index contributed by atoms with van der Waals surface area (Å²) in [6.07, 6.45) is 9.84. The lowest BCUT2D eigenvalue weighted by Crippen LogP contribution is -2.13. The normalized spacial score (nSPS) is 12.5. The molecule has 3 aromatic heterocycles. The van der Waals surface area contributed by atoms with Gasteiger partial charge in [-0.1, -0.05) is 45.5 Å². The van der Waals surface area contributed by atoms with Gasteiger partial charge in [0, 0.05) is 23.2 Å². The van der Waals surface area contributed by atoms with Gasteiger partial charge < -0.3 is 21.1 Å². The Hall–Kier alpha value is -5.25. The van der Waals surface area contributed by atoms with Crippen LogP contribution < -0.4 is 21.1 Å². The van der Waals surface area contributed by atoms with Crippen LogP contribution >= 0.6 is 0 Å². The van der Waals surface area contributed by atoms with Crippen LogP contribution in [0.15, 0.2) is 85.8 Å². The van der Waals surface area contributed by atoms with Gasteiger partial charge in [-0.3, -0.25) is 0 Å².